The Kier molecular flexibility index (Phi) is 3.11. The van der Waals surface area contributed by atoms with Gasteiger partial charge in [0.25, 0.3) is 0 Å². The van der Waals surface area contributed by atoms with Gasteiger partial charge in [-0.2, -0.15) is 0 Å². The molecule has 0 aromatic heterocycles. The molecule has 0 saturated carbocycles. The molecular formula is C14H14FNO. The van der Waals surface area contributed by atoms with Gasteiger partial charge in [0.2, 0.25) is 0 Å². The Labute approximate surface area is 99.5 Å². The Hall–Kier alpha value is -1.87. The summed E-state index contributed by atoms with van der Waals surface area (Å²) in [6.45, 7) is 1.67. The first-order valence-corrected chi connectivity index (χ1v) is 5.37. The van der Waals surface area contributed by atoms with E-state index in [4.69, 9.17) is 5.73 Å². The number of nitrogen functional groups attached to an aromatic ring is 1. The molecule has 0 bridgehead atoms. The van der Waals surface area contributed by atoms with Crippen LogP contribution >= 0.6 is 0 Å². The second kappa shape index (κ2) is 4.55. The molecule has 0 fully saturated rings. The summed E-state index contributed by atoms with van der Waals surface area (Å²) in [6.07, 6.45) is -0.780. The van der Waals surface area contributed by atoms with Crippen molar-refractivity contribution in [2.75, 3.05) is 5.73 Å². The largest absolute Gasteiger partial charge is 0.399 e. The number of aliphatic hydroxyl groups excluding tert-OH is 1. The molecule has 0 spiro atoms. The van der Waals surface area contributed by atoms with Crippen molar-refractivity contribution in [2.45, 2.75) is 13.0 Å². The number of hydrogen-bond acceptors (Lipinski definition) is 2. The first-order chi connectivity index (χ1) is 8.08. The van der Waals surface area contributed by atoms with Gasteiger partial charge in [-0.05, 0) is 41.8 Å². The van der Waals surface area contributed by atoms with Gasteiger partial charge in [-0.15, -0.1) is 0 Å². The van der Waals surface area contributed by atoms with Crippen molar-refractivity contribution in [1.82, 2.24) is 0 Å². The molecule has 0 aliphatic rings. The van der Waals surface area contributed by atoms with E-state index in [-0.39, 0.29) is 5.82 Å². The first-order valence-electron chi connectivity index (χ1n) is 5.37. The molecule has 0 heterocycles. The van der Waals surface area contributed by atoms with E-state index >= 15 is 0 Å². The van der Waals surface area contributed by atoms with Crippen LogP contribution in [-0.4, -0.2) is 5.11 Å². The van der Waals surface area contributed by atoms with Crippen LogP contribution in [0, 0.1) is 12.7 Å². The maximum atomic E-state index is 13.1. The molecule has 2 nitrogen and oxygen atoms in total. The van der Waals surface area contributed by atoms with Gasteiger partial charge in [-0.3, -0.25) is 0 Å². The summed E-state index contributed by atoms with van der Waals surface area (Å²) in [5, 5.41) is 10.2. The Morgan fingerprint density at radius 2 is 1.82 bits per heavy atom. The monoisotopic (exact) mass is 231 g/mol. The molecule has 88 valence electrons. The molecular weight excluding hydrogens is 217 g/mol. The molecule has 0 saturated heterocycles. The average Bonchev–Trinajstić information content (AvgIpc) is 2.32. The van der Waals surface area contributed by atoms with Crippen molar-refractivity contribution in [2.24, 2.45) is 0 Å². The quantitative estimate of drug-likeness (QED) is 0.781. The standard InChI is InChI=1S/C14H14FNO/c1-9-7-11(5-6-13(9)15)14(17)10-3-2-4-12(16)8-10/h2-8,14,17H,16H2,1H3. The molecule has 0 radical (unpaired) electrons. The molecule has 17 heavy (non-hydrogen) atoms. The normalized spacial score (nSPS) is 12.4. The smallest absolute Gasteiger partial charge is 0.126 e. The van der Waals surface area contributed by atoms with E-state index in [1.807, 2.05) is 0 Å². The van der Waals surface area contributed by atoms with Crippen LogP contribution in [0.1, 0.15) is 22.8 Å². The van der Waals surface area contributed by atoms with Gasteiger partial charge in [-0.1, -0.05) is 24.3 Å². The molecule has 1 atom stereocenters. The topological polar surface area (TPSA) is 46.2 Å². The van der Waals surface area contributed by atoms with Crippen LogP contribution in [0.4, 0.5) is 10.1 Å². The van der Waals surface area contributed by atoms with Crippen LogP contribution in [0.15, 0.2) is 42.5 Å². The Bertz CT molecular complexity index is 539. The van der Waals surface area contributed by atoms with Gasteiger partial charge in [0.05, 0.1) is 0 Å². The van der Waals surface area contributed by atoms with Crippen molar-refractivity contribution < 1.29 is 9.50 Å². The number of benzene rings is 2. The maximum absolute atomic E-state index is 13.1. The molecule has 2 rings (SSSR count). The SMILES string of the molecule is Cc1cc(C(O)c2cccc(N)c2)ccc1F. The minimum atomic E-state index is -0.780. The van der Waals surface area contributed by atoms with Gasteiger partial charge >= 0.3 is 0 Å². The lowest BCUT2D eigenvalue weighted by Crippen LogP contribution is -2.01. The number of nitrogens with two attached hydrogens (primary N) is 1. The van der Waals surface area contributed by atoms with Crippen LogP contribution in [0.2, 0.25) is 0 Å². The van der Waals surface area contributed by atoms with E-state index in [0.29, 0.717) is 22.4 Å². The molecule has 3 N–H and O–H groups in total. The highest BCUT2D eigenvalue weighted by atomic mass is 19.1. The lowest BCUT2D eigenvalue weighted by Gasteiger charge is -2.13. The molecule has 0 aliphatic heterocycles. The second-order valence-electron chi connectivity index (χ2n) is 4.08. The van der Waals surface area contributed by atoms with E-state index in [9.17, 15) is 9.50 Å². The van der Waals surface area contributed by atoms with Crippen LogP contribution < -0.4 is 5.73 Å². The van der Waals surface area contributed by atoms with Crippen molar-refractivity contribution in [3.05, 3.63) is 65.0 Å². The molecule has 0 aliphatic carbocycles. The molecule has 1 unspecified atom stereocenters. The lowest BCUT2D eigenvalue weighted by atomic mass is 9.99. The molecule has 2 aromatic carbocycles. The third kappa shape index (κ3) is 2.45. The van der Waals surface area contributed by atoms with Crippen molar-refractivity contribution in [3.8, 4) is 0 Å². The first kappa shape index (κ1) is 11.6. The maximum Gasteiger partial charge on any atom is 0.126 e. The highest BCUT2D eigenvalue weighted by molar-refractivity contribution is 5.43. The van der Waals surface area contributed by atoms with Gasteiger partial charge in [-0.25, -0.2) is 4.39 Å². The summed E-state index contributed by atoms with van der Waals surface area (Å²) in [7, 11) is 0. The number of halogens is 1. The lowest BCUT2D eigenvalue weighted by molar-refractivity contribution is 0.220. The minimum Gasteiger partial charge on any atom is -0.399 e. The van der Waals surface area contributed by atoms with E-state index in [1.54, 1.807) is 43.3 Å². The average molecular weight is 231 g/mol. The summed E-state index contributed by atoms with van der Waals surface area (Å²) >= 11 is 0. The zero-order valence-corrected chi connectivity index (χ0v) is 9.52. The van der Waals surface area contributed by atoms with Crippen molar-refractivity contribution in [1.29, 1.82) is 0 Å². The Balaban J connectivity index is 2.36. The van der Waals surface area contributed by atoms with E-state index in [2.05, 4.69) is 0 Å². The fourth-order valence-electron chi connectivity index (χ4n) is 1.76. The molecule has 3 heteroatoms. The zero-order chi connectivity index (χ0) is 12.4. The van der Waals surface area contributed by atoms with Gasteiger partial charge in [0.15, 0.2) is 0 Å². The Morgan fingerprint density at radius 3 is 2.47 bits per heavy atom. The fourth-order valence-corrected chi connectivity index (χ4v) is 1.76. The predicted octanol–water partition coefficient (Wildman–Crippen LogP) is 2.80. The number of rotatable bonds is 2. The fraction of sp³-hybridized carbons (Fsp3) is 0.143. The summed E-state index contributed by atoms with van der Waals surface area (Å²) in [6, 6.07) is 11.6. The third-order valence-electron chi connectivity index (χ3n) is 2.72. The van der Waals surface area contributed by atoms with Crippen LogP contribution in [-0.2, 0) is 0 Å². The number of hydrogen-bond donors (Lipinski definition) is 2. The summed E-state index contributed by atoms with van der Waals surface area (Å²) < 4.78 is 13.1. The van der Waals surface area contributed by atoms with Gasteiger partial charge in [0.1, 0.15) is 11.9 Å². The van der Waals surface area contributed by atoms with Gasteiger partial charge < -0.3 is 10.8 Å². The molecule has 2 aromatic rings. The van der Waals surface area contributed by atoms with Crippen molar-refractivity contribution >= 4 is 5.69 Å². The summed E-state index contributed by atoms with van der Waals surface area (Å²) in [5.74, 6) is -0.270. The summed E-state index contributed by atoms with van der Waals surface area (Å²) in [4.78, 5) is 0. The number of aliphatic hydroxyl groups is 1. The minimum absolute atomic E-state index is 0.270. The van der Waals surface area contributed by atoms with E-state index in [0.717, 1.165) is 0 Å². The summed E-state index contributed by atoms with van der Waals surface area (Å²) in [5.41, 5.74) is 8.14. The van der Waals surface area contributed by atoms with Gasteiger partial charge in [0, 0.05) is 5.69 Å². The highest BCUT2D eigenvalue weighted by Crippen LogP contribution is 2.24. The Morgan fingerprint density at radius 1 is 1.12 bits per heavy atom. The van der Waals surface area contributed by atoms with E-state index in [1.165, 1.54) is 6.07 Å². The molecule has 0 amide bonds. The number of aryl methyl sites for hydroxylation is 1. The second-order valence-corrected chi connectivity index (χ2v) is 4.08. The highest BCUT2D eigenvalue weighted by Gasteiger charge is 2.11. The van der Waals surface area contributed by atoms with Crippen molar-refractivity contribution in [3.63, 3.8) is 0 Å². The number of anilines is 1. The van der Waals surface area contributed by atoms with Crippen LogP contribution in [0.3, 0.4) is 0 Å². The predicted molar refractivity (Wildman–Crippen MR) is 66.1 cm³/mol. The van der Waals surface area contributed by atoms with E-state index < -0.39 is 6.10 Å². The zero-order valence-electron chi connectivity index (χ0n) is 9.52. The van der Waals surface area contributed by atoms with Crippen LogP contribution in [0.25, 0.3) is 0 Å². The van der Waals surface area contributed by atoms with Crippen LogP contribution in [0.5, 0.6) is 0 Å². The third-order valence-corrected chi connectivity index (χ3v) is 2.72.